The van der Waals surface area contributed by atoms with Crippen molar-refractivity contribution < 1.29 is 14.3 Å². The predicted molar refractivity (Wildman–Crippen MR) is 55.2 cm³/mol. The Morgan fingerprint density at radius 2 is 2.44 bits per heavy atom. The molecule has 2 aromatic rings. The number of nitrogens with zero attached hydrogens (tertiary/aromatic N) is 2. The van der Waals surface area contributed by atoms with Crippen molar-refractivity contribution in [3.05, 3.63) is 29.8 Å². The van der Waals surface area contributed by atoms with Gasteiger partial charge in [0.05, 0.1) is 12.0 Å². The second kappa shape index (κ2) is 3.23. The van der Waals surface area contributed by atoms with E-state index in [1.807, 2.05) is 4.57 Å². The van der Waals surface area contributed by atoms with Crippen LogP contribution in [0.5, 0.6) is 0 Å². The Kier molecular flexibility index (Phi) is 1.86. The smallest absolute Gasteiger partial charge is 0.356 e. The molecule has 0 aromatic carbocycles. The third-order valence-electron chi connectivity index (χ3n) is 2.81. The molecule has 0 radical (unpaired) electrons. The van der Waals surface area contributed by atoms with E-state index in [2.05, 4.69) is 4.98 Å². The van der Waals surface area contributed by atoms with Crippen molar-refractivity contribution in [3.63, 3.8) is 0 Å². The van der Waals surface area contributed by atoms with Crippen molar-refractivity contribution in [3.8, 4) is 11.6 Å². The zero-order valence-electron chi connectivity index (χ0n) is 8.51. The molecule has 0 saturated heterocycles. The van der Waals surface area contributed by atoms with Crippen LogP contribution in [0.4, 0.5) is 0 Å². The number of aromatic nitrogens is 2. The zero-order chi connectivity index (χ0) is 11.1. The molecule has 1 aliphatic heterocycles. The van der Waals surface area contributed by atoms with Gasteiger partial charge >= 0.3 is 5.97 Å². The van der Waals surface area contributed by atoms with Gasteiger partial charge in [0.2, 0.25) is 0 Å². The average Bonchev–Trinajstić information content (AvgIpc) is 2.93. The summed E-state index contributed by atoms with van der Waals surface area (Å²) < 4.78 is 7.19. The van der Waals surface area contributed by atoms with Crippen LogP contribution in [-0.4, -0.2) is 20.6 Å². The van der Waals surface area contributed by atoms with E-state index >= 15 is 0 Å². The van der Waals surface area contributed by atoms with Gasteiger partial charge in [-0.15, -0.1) is 0 Å². The maximum atomic E-state index is 11.0. The van der Waals surface area contributed by atoms with Crippen LogP contribution >= 0.6 is 0 Å². The van der Waals surface area contributed by atoms with Gasteiger partial charge in [-0.25, -0.2) is 9.78 Å². The Bertz CT molecular complexity index is 540. The lowest BCUT2D eigenvalue weighted by Crippen LogP contribution is -2.00. The minimum Gasteiger partial charge on any atom is -0.476 e. The molecule has 0 atom stereocenters. The van der Waals surface area contributed by atoms with Crippen LogP contribution in [0.3, 0.4) is 0 Å². The van der Waals surface area contributed by atoms with Gasteiger partial charge in [0.25, 0.3) is 0 Å². The monoisotopic (exact) mass is 218 g/mol. The molecule has 0 bridgehead atoms. The van der Waals surface area contributed by atoms with Crippen LogP contribution in [0.2, 0.25) is 0 Å². The molecule has 3 heterocycles. The third kappa shape index (κ3) is 1.18. The standard InChI is InChI=1S/C11H10N2O3/c14-11(15)9-7-3-1-5-13(7)10(12-9)8-4-2-6-16-8/h2,4,6H,1,3,5H2,(H,14,15). The molecule has 0 fully saturated rings. The highest BCUT2D eigenvalue weighted by atomic mass is 16.4. The van der Waals surface area contributed by atoms with Crippen molar-refractivity contribution in [2.75, 3.05) is 0 Å². The fraction of sp³-hybridized carbons (Fsp3) is 0.273. The maximum absolute atomic E-state index is 11.0. The normalized spacial score (nSPS) is 14.0. The Hall–Kier alpha value is -2.04. The molecule has 82 valence electrons. The molecule has 16 heavy (non-hydrogen) atoms. The SMILES string of the molecule is O=C(O)c1nc(-c2ccco2)n2c1CCC2. The lowest BCUT2D eigenvalue weighted by molar-refractivity contribution is 0.0690. The largest absolute Gasteiger partial charge is 0.476 e. The first kappa shape index (κ1) is 9.21. The first-order valence-electron chi connectivity index (χ1n) is 5.14. The van der Waals surface area contributed by atoms with E-state index < -0.39 is 5.97 Å². The van der Waals surface area contributed by atoms with Gasteiger partial charge in [-0.05, 0) is 25.0 Å². The van der Waals surface area contributed by atoms with E-state index in [1.54, 1.807) is 18.4 Å². The summed E-state index contributed by atoms with van der Waals surface area (Å²) in [5.74, 6) is 0.272. The molecule has 0 saturated carbocycles. The second-order valence-electron chi connectivity index (χ2n) is 3.77. The minimum absolute atomic E-state index is 0.156. The summed E-state index contributed by atoms with van der Waals surface area (Å²) in [5, 5.41) is 9.05. The van der Waals surface area contributed by atoms with E-state index in [-0.39, 0.29) is 5.69 Å². The van der Waals surface area contributed by atoms with Gasteiger partial charge < -0.3 is 14.1 Å². The molecule has 5 heteroatoms. The summed E-state index contributed by atoms with van der Waals surface area (Å²) in [7, 11) is 0. The van der Waals surface area contributed by atoms with Crippen molar-refractivity contribution in [2.45, 2.75) is 19.4 Å². The molecular weight excluding hydrogens is 208 g/mol. The topological polar surface area (TPSA) is 68.3 Å². The lowest BCUT2D eigenvalue weighted by atomic mass is 10.2. The molecule has 3 rings (SSSR count). The van der Waals surface area contributed by atoms with E-state index in [1.165, 1.54) is 0 Å². The first-order chi connectivity index (χ1) is 7.77. The van der Waals surface area contributed by atoms with Crippen LogP contribution in [0.15, 0.2) is 22.8 Å². The van der Waals surface area contributed by atoms with E-state index in [0.717, 1.165) is 25.1 Å². The van der Waals surface area contributed by atoms with Crippen molar-refractivity contribution in [2.24, 2.45) is 0 Å². The lowest BCUT2D eigenvalue weighted by Gasteiger charge is -1.99. The third-order valence-corrected chi connectivity index (χ3v) is 2.81. The maximum Gasteiger partial charge on any atom is 0.356 e. The van der Waals surface area contributed by atoms with Crippen molar-refractivity contribution >= 4 is 5.97 Å². The Labute approximate surface area is 91.3 Å². The van der Waals surface area contributed by atoms with Crippen LogP contribution in [-0.2, 0) is 13.0 Å². The van der Waals surface area contributed by atoms with Crippen molar-refractivity contribution in [1.29, 1.82) is 0 Å². The molecule has 0 spiro atoms. The fourth-order valence-electron chi connectivity index (χ4n) is 2.15. The molecule has 1 aliphatic rings. The zero-order valence-corrected chi connectivity index (χ0v) is 8.51. The minimum atomic E-state index is -0.969. The molecule has 2 aromatic heterocycles. The van der Waals surface area contributed by atoms with Gasteiger partial charge in [0.15, 0.2) is 17.3 Å². The van der Waals surface area contributed by atoms with Gasteiger partial charge in [-0.2, -0.15) is 0 Å². The number of furan rings is 1. The first-order valence-corrected chi connectivity index (χ1v) is 5.14. The molecule has 0 amide bonds. The molecule has 1 N–H and O–H groups in total. The summed E-state index contributed by atoms with van der Waals surface area (Å²) in [6.45, 7) is 0.811. The number of hydrogen-bond acceptors (Lipinski definition) is 3. The van der Waals surface area contributed by atoms with Crippen LogP contribution in [0, 0.1) is 0 Å². The highest BCUT2D eigenvalue weighted by Gasteiger charge is 2.26. The number of hydrogen-bond donors (Lipinski definition) is 1. The number of imidazole rings is 1. The molecule has 5 nitrogen and oxygen atoms in total. The number of rotatable bonds is 2. The predicted octanol–water partition coefficient (Wildman–Crippen LogP) is 1.79. The van der Waals surface area contributed by atoms with E-state index in [0.29, 0.717) is 11.6 Å². The molecule has 0 unspecified atom stereocenters. The van der Waals surface area contributed by atoms with Gasteiger partial charge in [-0.1, -0.05) is 0 Å². The van der Waals surface area contributed by atoms with Crippen molar-refractivity contribution in [1.82, 2.24) is 9.55 Å². The van der Waals surface area contributed by atoms with Gasteiger partial charge in [0, 0.05) is 6.54 Å². The Morgan fingerprint density at radius 3 is 3.12 bits per heavy atom. The summed E-state index contributed by atoms with van der Waals surface area (Å²) in [5.41, 5.74) is 0.961. The van der Waals surface area contributed by atoms with Crippen LogP contribution < -0.4 is 0 Å². The number of carbonyl (C=O) groups is 1. The highest BCUT2D eigenvalue weighted by Crippen LogP contribution is 2.28. The second-order valence-corrected chi connectivity index (χ2v) is 3.77. The molecular formula is C11H10N2O3. The summed E-state index contributed by atoms with van der Waals surface area (Å²) in [6, 6.07) is 3.56. The summed E-state index contributed by atoms with van der Waals surface area (Å²) >= 11 is 0. The Balaban J connectivity index is 2.20. The number of fused-ring (bicyclic) bond motifs is 1. The number of aromatic carboxylic acids is 1. The fourth-order valence-corrected chi connectivity index (χ4v) is 2.15. The van der Waals surface area contributed by atoms with Crippen LogP contribution in [0.1, 0.15) is 22.6 Å². The quantitative estimate of drug-likeness (QED) is 0.834. The number of carboxylic acid groups (broad SMARTS) is 1. The van der Waals surface area contributed by atoms with Gasteiger partial charge in [0.1, 0.15) is 0 Å². The van der Waals surface area contributed by atoms with Gasteiger partial charge in [-0.3, -0.25) is 0 Å². The van der Waals surface area contributed by atoms with E-state index in [9.17, 15) is 4.79 Å². The average molecular weight is 218 g/mol. The van der Waals surface area contributed by atoms with Crippen LogP contribution in [0.25, 0.3) is 11.6 Å². The number of carboxylic acids is 1. The highest BCUT2D eigenvalue weighted by molar-refractivity contribution is 5.87. The summed E-state index contributed by atoms with van der Waals surface area (Å²) in [4.78, 5) is 15.2. The molecule has 0 aliphatic carbocycles. The van der Waals surface area contributed by atoms with E-state index in [4.69, 9.17) is 9.52 Å². The Morgan fingerprint density at radius 1 is 1.56 bits per heavy atom. The summed E-state index contributed by atoms with van der Waals surface area (Å²) in [6.07, 6.45) is 3.30.